The molecule has 1 saturated heterocycles. The van der Waals surface area contributed by atoms with Crippen LogP contribution < -0.4 is 15.8 Å². The van der Waals surface area contributed by atoms with Gasteiger partial charge in [-0.25, -0.2) is 0 Å². The van der Waals surface area contributed by atoms with Crippen LogP contribution in [0.15, 0.2) is 54.6 Å². The molecular formula is C18H19N3O2. The largest absolute Gasteiger partial charge is 0.312 e. The lowest BCUT2D eigenvalue weighted by Gasteiger charge is -2.17. The van der Waals surface area contributed by atoms with Crippen molar-refractivity contribution in [1.29, 1.82) is 0 Å². The van der Waals surface area contributed by atoms with Crippen molar-refractivity contribution in [2.75, 3.05) is 16.9 Å². The monoisotopic (exact) mass is 309 g/mol. The quantitative estimate of drug-likeness (QED) is 0.853. The van der Waals surface area contributed by atoms with E-state index in [2.05, 4.69) is 10.9 Å². The molecular weight excluding hydrogens is 290 g/mol. The molecule has 0 saturated carbocycles. The van der Waals surface area contributed by atoms with Crippen molar-refractivity contribution in [2.45, 2.75) is 13.3 Å². The van der Waals surface area contributed by atoms with Gasteiger partial charge in [0.1, 0.15) is 0 Å². The molecule has 23 heavy (non-hydrogen) atoms. The Hall–Kier alpha value is -2.82. The van der Waals surface area contributed by atoms with E-state index in [0.29, 0.717) is 6.54 Å². The molecule has 118 valence electrons. The van der Waals surface area contributed by atoms with Crippen LogP contribution >= 0.6 is 0 Å². The van der Waals surface area contributed by atoms with Crippen LogP contribution in [-0.4, -0.2) is 18.4 Å². The summed E-state index contributed by atoms with van der Waals surface area (Å²) in [5.74, 6) is -0.537. The van der Waals surface area contributed by atoms with Gasteiger partial charge in [-0.05, 0) is 31.2 Å². The van der Waals surface area contributed by atoms with Gasteiger partial charge in [0.2, 0.25) is 11.8 Å². The molecule has 5 heteroatoms. The van der Waals surface area contributed by atoms with Crippen molar-refractivity contribution in [3.05, 3.63) is 60.2 Å². The molecule has 1 fully saturated rings. The lowest BCUT2D eigenvalue weighted by atomic mass is 10.1. The van der Waals surface area contributed by atoms with E-state index in [1.807, 2.05) is 61.5 Å². The van der Waals surface area contributed by atoms with E-state index >= 15 is 0 Å². The summed E-state index contributed by atoms with van der Waals surface area (Å²) in [6.07, 6.45) is 0.232. The number of nitrogens with one attached hydrogen (secondary N) is 2. The first kappa shape index (κ1) is 15.1. The van der Waals surface area contributed by atoms with E-state index < -0.39 is 0 Å². The third-order valence-corrected chi connectivity index (χ3v) is 3.95. The zero-order valence-corrected chi connectivity index (χ0v) is 13.0. The molecule has 1 aliphatic heterocycles. The minimum atomic E-state index is -0.347. The number of hydrogen-bond acceptors (Lipinski definition) is 3. The molecule has 2 N–H and O–H groups in total. The second-order valence-electron chi connectivity index (χ2n) is 5.72. The Morgan fingerprint density at radius 1 is 1.09 bits per heavy atom. The van der Waals surface area contributed by atoms with Gasteiger partial charge >= 0.3 is 0 Å². The first-order valence-corrected chi connectivity index (χ1v) is 7.61. The number of benzene rings is 2. The maximum Gasteiger partial charge on any atom is 0.243 e. The molecule has 2 amide bonds. The Labute approximate surface area is 135 Å². The zero-order chi connectivity index (χ0) is 16.2. The van der Waals surface area contributed by atoms with Crippen LogP contribution in [0.4, 0.5) is 11.4 Å². The number of nitrogens with zero attached hydrogens (tertiary/aromatic N) is 1. The van der Waals surface area contributed by atoms with E-state index in [4.69, 9.17) is 0 Å². The molecule has 0 spiro atoms. The number of hydrogen-bond donors (Lipinski definition) is 2. The van der Waals surface area contributed by atoms with E-state index in [1.54, 1.807) is 4.90 Å². The second-order valence-corrected chi connectivity index (χ2v) is 5.72. The summed E-state index contributed by atoms with van der Waals surface area (Å²) in [4.78, 5) is 26.1. The molecule has 1 heterocycles. The van der Waals surface area contributed by atoms with Crippen molar-refractivity contribution in [3.63, 3.8) is 0 Å². The maximum atomic E-state index is 12.2. The van der Waals surface area contributed by atoms with Crippen molar-refractivity contribution in [2.24, 2.45) is 5.92 Å². The Morgan fingerprint density at radius 3 is 2.48 bits per heavy atom. The fraction of sp³-hybridized carbons (Fsp3) is 0.222. The van der Waals surface area contributed by atoms with E-state index in [9.17, 15) is 9.59 Å². The third kappa shape index (κ3) is 3.51. The minimum Gasteiger partial charge on any atom is -0.312 e. The summed E-state index contributed by atoms with van der Waals surface area (Å²) in [7, 11) is 0. The predicted octanol–water partition coefficient (Wildman–Crippen LogP) is 2.49. The number of para-hydroxylation sites is 1. The Balaban J connectivity index is 1.60. The molecule has 2 aromatic rings. The highest BCUT2D eigenvalue weighted by molar-refractivity contribution is 6.00. The average molecular weight is 309 g/mol. The van der Waals surface area contributed by atoms with Gasteiger partial charge in [0.15, 0.2) is 0 Å². The van der Waals surface area contributed by atoms with Crippen LogP contribution in [0.2, 0.25) is 0 Å². The summed E-state index contributed by atoms with van der Waals surface area (Å²) in [6, 6.07) is 17.1. The molecule has 0 bridgehead atoms. The molecule has 1 unspecified atom stereocenters. The highest BCUT2D eigenvalue weighted by Crippen LogP contribution is 2.25. The summed E-state index contributed by atoms with van der Waals surface area (Å²) in [5, 5.41) is 0. The first-order chi connectivity index (χ1) is 11.1. The van der Waals surface area contributed by atoms with Crippen LogP contribution in [-0.2, 0) is 9.59 Å². The molecule has 1 aliphatic rings. The van der Waals surface area contributed by atoms with Crippen LogP contribution in [0.25, 0.3) is 0 Å². The highest BCUT2D eigenvalue weighted by Gasteiger charge is 2.35. The Kier molecular flexibility index (Phi) is 4.28. The van der Waals surface area contributed by atoms with Gasteiger partial charge in [0.25, 0.3) is 0 Å². The average Bonchev–Trinajstić information content (AvgIpc) is 2.96. The summed E-state index contributed by atoms with van der Waals surface area (Å²) in [5.41, 5.74) is 8.33. The van der Waals surface area contributed by atoms with Gasteiger partial charge in [-0.2, -0.15) is 0 Å². The van der Waals surface area contributed by atoms with Crippen LogP contribution in [0.5, 0.6) is 0 Å². The topological polar surface area (TPSA) is 61.4 Å². The zero-order valence-electron chi connectivity index (χ0n) is 13.0. The summed E-state index contributed by atoms with van der Waals surface area (Å²) < 4.78 is 0. The van der Waals surface area contributed by atoms with Gasteiger partial charge < -0.3 is 4.90 Å². The van der Waals surface area contributed by atoms with Gasteiger partial charge in [0, 0.05) is 18.7 Å². The number of hydrazine groups is 1. The second kappa shape index (κ2) is 6.52. The molecule has 0 aromatic heterocycles. The van der Waals surface area contributed by atoms with Crippen LogP contribution in [0.1, 0.15) is 12.0 Å². The SMILES string of the molecule is Cc1ccc(N2CC(C(=O)NNc3ccccc3)CC2=O)cc1. The predicted molar refractivity (Wildman–Crippen MR) is 89.8 cm³/mol. The Bertz CT molecular complexity index is 698. The van der Waals surface area contributed by atoms with Gasteiger partial charge in [-0.3, -0.25) is 20.4 Å². The van der Waals surface area contributed by atoms with E-state index in [0.717, 1.165) is 16.9 Å². The summed E-state index contributed by atoms with van der Waals surface area (Å²) >= 11 is 0. The Morgan fingerprint density at radius 2 is 1.78 bits per heavy atom. The molecule has 2 aromatic carbocycles. The molecule has 3 rings (SSSR count). The smallest absolute Gasteiger partial charge is 0.243 e. The maximum absolute atomic E-state index is 12.2. The fourth-order valence-electron chi connectivity index (χ4n) is 2.61. The minimum absolute atomic E-state index is 0.0197. The lowest BCUT2D eigenvalue weighted by Crippen LogP contribution is -2.36. The normalized spacial score (nSPS) is 17.2. The van der Waals surface area contributed by atoms with Crippen molar-refractivity contribution in [1.82, 2.24) is 5.43 Å². The standard InChI is InChI=1S/C18H19N3O2/c1-13-7-9-16(10-8-13)21-12-14(11-17(21)22)18(23)20-19-15-5-3-2-4-6-15/h2-10,14,19H,11-12H2,1H3,(H,20,23). The number of carbonyl (C=O) groups is 2. The molecule has 0 radical (unpaired) electrons. The van der Waals surface area contributed by atoms with Gasteiger partial charge in [0.05, 0.1) is 11.6 Å². The fourth-order valence-corrected chi connectivity index (χ4v) is 2.61. The third-order valence-electron chi connectivity index (χ3n) is 3.95. The van der Waals surface area contributed by atoms with E-state index in [1.165, 1.54) is 0 Å². The van der Waals surface area contributed by atoms with E-state index in [-0.39, 0.29) is 24.2 Å². The van der Waals surface area contributed by atoms with Crippen molar-refractivity contribution in [3.8, 4) is 0 Å². The number of amides is 2. The number of anilines is 2. The number of rotatable bonds is 4. The number of carbonyl (C=O) groups excluding carboxylic acids is 2. The first-order valence-electron chi connectivity index (χ1n) is 7.61. The summed E-state index contributed by atoms with van der Waals surface area (Å²) in [6.45, 7) is 2.41. The molecule has 5 nitrogen and oxygen atoms in total. The molecule has 0 aliphatic carbocycles. The van der Waals surface area contributed by atoms with Gasteiger partial charge in [-0.1, -0.05) is 35.9 Å². The number of aryl methyl sites for hydroxylation is 1. The highest BCUT2D eigenvalue weighted by atomic mass is 16.2. The molecule has 1 atom stereocenters. The van der Waals surface area contributed by atoms with Gasteiger partial charge in [-0.15, -0.1) is 0 Å². The lowest BCUT2D eigenvalue weighted by molar-refractivity contribution is -0.125. The van der Waals surface area contributed by atoms with Crippen molar-refractivity contribution < 1.29 is 9.59 Å². The van der Waals surface area contributed by atoms with Crippen molar-refractivity contribution >= 4 is 23.2 Å². The van der Waals surface area contributed by atoms with Crippen LogP contribution in [0.3, 0.4) is 0 Å². The van der Waals surface area contributed by atoms with Crippen LogP contribution in [0, 0.1) is 12.8 Å².